The molecule has 1 aromatic heterocycles. The van der Waals surface area contributed by atoms with Crippen LogP contribution in [0.15, 0.2) is 12.1 Å². The number of rotatable bonds is 2. The smallest absolute Gasteiger partial charge is 0.226 e. The first-order valence-corrected chi connectivity index (χ1v) is 6.79. The van der Waals surface area contributed by atoms with E-state index in [1.807, 2.05) is 0 Å². The number of amides is 1. The van der Waals surface area contributed by atoms with Gasteiger partial charge in [0.15, 0.2) is 17.4 Å². The highest BCUT2D eigenvalue weighted by atomic mass is 19.1. The number of hydrogen-bond donors (Lipinski definition) is 1. The maximum Gasteiger partial charge on any atom is 0.226 e. The number of aryl methyl sites for hydroxylation is 2. The van der Waals surface area contributed by atoms with Gasteiger partial charge >= 0.3 is 0 Å². The van der Waals surface area contributed by atoms with Crippen LogP contribution in [-0.4, -0.2) is 22.8 Å². The molecule has 22 heavy (non-hydrogen) atoms. The monoisotopic (exact) mass is 307 g/mol. The van der Waals surface area contributed by atoms with Crippen LogP contribution in [0.3, 0.4) is 0 Å². The number of halogens is 2. The van der Waals surface area contributed by atoms with Crippen LogP contribution in [0.25, 0.3) is 0 Å². The summed E-state index contributed by atoms with van der Waals surface area (Å²) < 4.78 is 34.5. The number of nitrogens with one attached hydrogen (secondary N) is 1. The number of carbonyl (C=O) groups excluding carboxylic acids is 1. The second kappa shape index (κ2) is 5.08. The summed E-state index contributed by atoms with van der Waals surface area (Å²) in [5, 5.41) is 7.01. The summed E-state index contributed by atoms with van der Waals surface area (Å²) >= 11 is 0. The second-order valence-corrected chi connectivity index (χ2v) is 5.26. The van der Waals surface area contributed by atoms with Gasteiger partial charge in [-0.05, 0) is 13.0 Å². The van der Waals surface area contributed by atoms with Crippen LogP contribution in [0.1, 0.15) is 29.2 Å². The normalized spacial score (nSPS) is 17.1. The highest BCUT2D eigenvalue weighted by Crippen LogP contribution is 2.41. The molecule has 0 fully saturated rings. The molecule has 2 aromatic rings. The Balaban J connectivity index is 2.20. The van der Waals surface area contributed by atoms with Gasteiger partial charge in [0.1, 0.15) is 5.82 Å². The molecule has 5 nitrogen and oxygen atoms in total. The summed E-state index contributed by atoms with van der Waals surface area (Å²) in [6.45, 7) is 1.79. The zero-order chi connectivity index (χ0) is 16.0. The number of carbonyl (C=O) groups is 1. The Kier molecular flexibility index (Phi) is 3.35. The minimum Gasteiger partial charge on any atom is -0.491 e. The first kappa shape index (κ1) is 14.5. The zero-order valence-electron chi connectivity index (χ0n) is 12.4. The number of aromatic nitrogens is 2. The average molecular weight is 307 g/mol. The largest absolute Gasteiger partial charge is 0.491 e. The topological polar surface area (TPSA) is 56.1 Å². The van der Waals surface area contributed by atoms with Gasteiger partial charge < -0.3 is 10.1 Å². The fraction of sp³-hybridized carbons (Fsp3) is 0.333. The molecule has 1 atom stereocenters. The number of anilines is 1. The Morgan fingerprint density at radius 2 is 2.14 bits per heavy atom. The number of nitrogens with zero attached hydrogens (tertiary/aromatic N) is 2. The summed E-state index contributed by atoms with van der Waals surface area (Å²) in [6.07, 6.45) is 0.0746. The molecule has 1 aliphatic rings. The average Bonchev–Trinajstić information content (AvgIpc) is 2.74. The van der Waals surface area contributed by atoms with Gasteiger partial charge in [0.25, 0.3) is 0 Å². The van der Waals surface area contributed by atoms with Crippen molar-refractivity contribution in [3.63, 3.8) is 0 Å². The molecule has 1 amide bonds. The number of hydrogen-bond acceptors (Lipinski definition) is 3. The predicted molar refractivity (Wildman–Crippen MR) is 75.9 cm³/mol. The van der Waals surface area contributed by atoms with Crippen molar-refractivity contribution in [2.45, 2.75) is 19.3 Å². The third-order valence-electron chi connectivity index (χ3n) is 3.92. The molecule has 0 spiro atoms. The van der Waals surface area contributed by atoms with Crippen molar-refractivity contribution in [2.24, 2.45) is 7.05 Å². The van der Waals surface area contributed by atoms with Crippen molar-refractivity contribution in [1.29, 1.82) is 0 Å². The van der Waals surface area contributed by atoms with Gasteiger partial charge in [0, 0.05) is 30.5 Å². The standard InChI is InChI=1S/C15H15F2N3O2/c1-7-12-9(6-11(21)18-15(12)20(2)19-7)8-4-5-10(16)14(22-3)13(8)17/h4-5,9H,6H2,1-3H3,(H,18,21). The lowest BCUT2D eigenvalue weighted by atomic mass is 9.85. The van der Waals surface area contributed by atoms with Crippen molar-refractivity contribution in [3.05, 3.63) is 40.6 Å². The van der Waals surface area contributed by atoms with E-state index in [0.29, 0.717) is 11.5 Å². The van der Waals surface area contributed by atoms with E-state index in [-0.39, 0.29) is 17.9 Å². The number of benzene rings is 1. The van der Waals surface area contributed by atoms with Crippen molar-refractivity contribution in [1.82, 2.24) is 9.78 Å². The van der Waals surface area contributed by atoms with Crippen LogP contribution < -0.4 is 10.1 Å². The van der Waals surface area contributed by atoms with Crippen molar-refractivity contribution < 1.29 is 18.3 Å². The van der Waals surface area contributed by atoms with Gasteiger partial charge in [-0.1, -0.05) is 6.07 Å². The second-order valence-electron chi connectivity index (χ2n) is 5.26. The Morgan fingerprint density at radius 1 is 1.41 bits per heavy atom. The van der Waals surface area contributed by atoms with E-state index in [1.54, 1.807) is 18.7 Å². The van der Waals surface area contributed by atoms with Gasteiger partial charge in [-0.15, -0.1) is 0 Å². The lowest BCUT2D eigenvalue weighted by Crippen LogP contribution is -2.25. The summed E-state index contributed by atoms with van der Waals surface area (Å²) in [4.78, 5) is 11.9. The Morgan fingerprint density at radius 3 is 2.82 bits per heavy atom. The van der Waals surface area contributed by atoms with Crippen LogP contribution in [0.4, 0.5) is 14.6 Å². The molecule has 0 aliphatic carbocycles. The molecule has 116 valence electrons. The molecule has 2 heterocycles. The summed E-state index contributed by atoms with van der Waals surface area (Å²) in [6, 6.07) is 2.50. The predicted octanol–water partition coefficient (Wildman–Crippen LogP) is 2.49. The van der Waals surface area contributed by atoms with Gasteiger partial charge in [-0.2, -0.15) is 5.10 Å². The molecule has 0 radical (unpaired) electrons. The molecule has 0 saturated carbocycles. The van der Waals surface area contributed by atoms with Crippen LogP contribution >= 0.6 is 0 Å². The third kappa shape index (κ3) is 2.04. The van der Waals surface area contributed by atoms with Crippen LogP contribution in [0, 0.1) is 18.6 Å². The molecule has 1 aromatic carbocycles. The first-order chi connectivity index (χ1) is 10.4. The molecule has 0 saturated heterocycles. The lowest BCUT2D eigenvalue weighted by Gasteiger charge is -2.24. The minimum atomic E-state index is -0.781. The minimum absolute atomic E-state index is 0.0746. The van der Waals surface area contributed by atoms with Gasteiger partial charge in [0.2, 0.25) is 5.91 Å². The first-order valence-electron chi connectivity index (χ1n) is 6.79. The fourth-order valence-electron chi connectivity index (χ4n) is 2.98. The molecular formula is C15H15F2N3O2. The van der Waals surface area contributed by atoms with E-state index in [2.05, 4.69) is 10.4 Å². The van der Waals surface area contributed by atoms with Crippen molar-refractivity contribution in [2.75, 3.05) is 12.4 Å². The number of fused-ring (bicyclic) bond motifs is 1. The quantitative estimate of drug-likeness (QED) is 0.927. The summed E-state index contributed by atoms with van der Waals surface area (Å²) in [7, 11) is 2.91. The van der Waals surface area contributed by atoms with Gasteiger partial charge in [0.05, 0.1) is 12.8 Å². The highest BCUT2D eigenvalue weighted by Gasteiger charge is 2.34. The molecule has 1 aliphatic heterocycles. The van der Waals surface area contributed by atoms with E-state index in [0.717, 1.165) is 11.6 Å². The SMILES string of the molecule is COc1c(F)ccc(C2CC(=O)Nc3c2c(C)nn3C)c1F. The number of ether oxygens (including phenoxy) is 1. The Hall–Kier alpha value is -2.44. The zero-order valence-corrected chi connectivity index (χ0v) is 12.4. The van der Waals surface area contributed by atoms with Crippen molar-refractivity contribution >= 4 is 11.7 Å². The summed E-state index contributed by atoms with van der Waals surface area (Å²) in [5.74, 6) is -2.20. The fourth-order valence-corrected chi connectivity index (χ4v) is 2.98. The van der Waals surface area contributed by atoms with E-state index in [1.165, 1.54) is 13.2 Å². The van der Waals surface area contributed by atoms with Crippen molar-refractivity contribution in [3.8, 4) is 5.75 Å². The molecule has 0 bridgehead atoms. The lowest BCUT2D eigenvalue weighted by molar-refractivity contribution is -0.116. The maximum atomic E-state index is 14.6. The van der Waals surface area contributed by atoms with E-state index in [9.17, 15) is 13.6 Å². The third-order valence-corrected chi connectivity index (χ3v) is 3.92. The molecule has 7 heteroatoms. The van der Waals surface area contributed by atoms with E-state index < -0.39 is 23.3 Å². The van der Waals surface area contributed by atoms with Crippen LogP contribution in [-0.2, 0) is 11.8 Å². The van der Waals surface area contributed by atoms with Gasteiger partial charge in [-0.3, -0.25) is 9.48 Å². The van der Waals surface area contributed by atoms with E-state index >= 15 is 0 Å². The molecule has 3 rings (SSSR count). The Labute approximate surface area is 125 Å². The van der Waals surface area contributed by atoms with Crippen LogP contribution in [0.2, 0.25) is 0 Å². The Bertz CT molecular complexity index is 771. The molecule has 1 N–H and O–H groups in total. The molecule has 1 unspecified atom stereocenters. The van der Waals surface area contributed by atoms with Gasteiger partial charge in [-0.25, -0.2) is 8.78 Å². The number of methoxy groups -OCH3 is 1. The molecular weight excluding hydrogens is 292 g/mol. The van der Waals surface area contributed by atoms with E-state index in [4.69, 9.17) is 4.74 Å². The highest BCUT2D eigenvalue weighted by molar-refractivity contribution is 5.94. The summed E-state index contributed by atoms with van der Waals surface area (Å²) in [5.41, 5.74) is 1.67. The van der Waals surface area contributed by atoms with Crippen LogP contribution in [0.5, 0.6) is 5.75 Å². The maximum absolute atomic E-state index is 14.6.